The van der Waals surface area contributed by atoms with E-state index in [1.54, 1.807) is 6.07 Å². The van der Waals surface area contributed by atoms with E-state index in [9.17, 15) is 4.79 Å². The summed E-state index contributed by atoms with van der Waals surface area (Å²) in [5, 5.41) is 0. The van der Waals surface area contributed by atoms with Crippen LogP contribution in [0.1, 0.15) is 31.9 Å². The van der Waals surface area contributed by atoms with E-state index in [0.717, 1.165) is 11.1 Å². The molecule has 0 aliphatic rings. The summed E-state index contributed by atoms with van der Waals surface area (Å²) in [5.74, 6) is 6.18. The lowest BCUT2D eigenvalue weighted by atomic mass is 9.97. The first kappa shape index (κ1) is 17.6. The first-order chi connectivity index (χ1) is 10.3. The molecule has 0 aliphatic heterocycles. The van der Waals surface area contributed by atoms with Crippen molar-refractivity contribution in [2.24, 2.45) is 5.41 Å². The predicted molar refractivity (Wildman–Crippen MR) is 85.2 cm³/mol. The average Bonchev–Trinajstić information content (AvgIpc) is 2.45. The summed E-state index contributed by atoms with van der Waals surface area (Å²) in [7, 11) is 2.72. The lowest BCUT2D eigenvalue weighted by molar-refractivity contribution is -0.138. The molecule has 0 bridgehead atoms. The van der Waals surface area contributed by atoms with Crippen molar-refractivity contribution in [2.45, 2.75) is 27.7 Å². The molecule has 0 aromatic heterocycles. The Bertz CT molecular complexity index is 625. The summed E-state index contributed by atoms with van der Waals surface area (Å²) in [6, 6.07) is 5.60. The lowest BCUT2D eigenvalue weighted by Gasteiger charge is -2.11. The minimum atomic E-state index is -0.604. The van der Waals surface area contributed by atoms with E-state index in [4.69, 9.17) is 9.47 Å². The number of hydrogen-bond acceptors (Lipinski definition) is 4. The van der Waals surface area contributed by atoms with Crippen molar-refractivity contribution in [3.05, 3.63) is 41.3 Å². The summed E-state index contributed by atoms with van der Waals surface area (Å²) in [6.07, 6.45) is 1.21. The van der Waals surface area contributed by atoms with Gasteiger partial charge in [0.05, 0.1) is 14.2 Å². The molecule has 4 nitrogen and oxygen atoms in total. The largest absolute Gasteiger partial charge is 0.500 e. The Morgan fingerprint density at radius 3 is 2.45 bits per heavy atom. The van der Waals surface area contributed by atoms with Gasteiger partial charge in [-0.05, 0) is 45.4 Å². The summed E-state index contributed by atoms with van der Waals surface area (Å²) < 4.78 is 15.1. The average molecular weight is 302 g/mol. The highest BCUT2D eigenvalue weighted by atomic mass is 16.6. The topological polar surface area (TPSA) is 44.8 Å². The number of ether oxygens (including phenoxy) is 3. The van der Waals surface area contributed by atoms with Crippen molar-refractivity contribution in [2.75, 3.05) is 14.2 Å². The molecule has 0 saturated heterocycles. The lowest BCUT2D eigenvalue weighted by Crippen LogP contribution is -2.11. The van der Waals surface area contributed by atoms with E-state index in [1.165, 1.54) is 20.5 Å². The fourth-order valence-corrected chi connectivity index (χ4v) is 1.49. The van der Waals surface area contributed by atoms with Crippen LogP contribution in [0, 0.1) is 24.2 Å². The van der Waals surface area contributed by atoms with Crippen LogP contribution in [-0.4, -0.2) is 20.2 Å². The molecule has 0 saturated carbocycles. The fourth-order valence-electron chi connectivity index (χ4n) is 1.49. The molecule has 0 N–H and O–H groups in total. The van der Waals surface area contributed by atoms with Crippen LogP contribution in [0.15, 0.2) is 30.2 Å². The molecule has 0 unspecified atom stereocenters. The van der Waals surface area contributed by atoms with Crippen LogP contribution in [0.5, 0.6) is 5.75 Å². The minimum Gasteiger partial charge on any atom is -0.500 e. The van der Waals surface area contributed by atoms with E-state index in [0.29, 0.717) is 5.75 Å². The van der Waals surface area contributed by atoms with E-state index in [-0.39, 0.29) is 11.2 Å². The van der Waals surface area contributed by atoms with Gasteiger partial charge in [-0.2, -0.15) is 0 Å². The minimum absolute atomic E-state index is 0.0194. The van der Waals surface area contributed by atoms with E-state index >= 15 is 0 Å². The van der Waals surface area contributed by atoms with Crippen LogP contribution < -0.4 is 4.74 Å². The van der Waals surface area contributed by atoms with Crippen molar-refractivity contribution in [3.63, 3.8) is 0 Å². The zero-order valence-corrected chi connectivity index (χ0v) is 13.9. The molecule has 0 atom stereocenters. The van der Waals surface area contributed by atoms with Gasteiger partial charge in [0.1, 0.15) is 12.0 Å². The fraction of sp³-hybridized carbons (Fsp3) is 0.389. The number of hydrogen-bond donors (Lipinski definition) is 0. The van der Waals surface area contributed by atoms with Crippen molar-refractivity contribution >= 4 is 5.97 Å². The van der Waals surface area contributed by atoms with Gasteiger partial charge in [0.15, 0.2) is 0 Å². The molecule has 0 heterocycles. The van der Waals surface area contributed by atoms with Gasteiger partial charge in [0.25, 0.3) is 0 Å². The third-order valence-electron chi connectivity index (χ3n) is 2.60. The van der Waals surface area contributed by atoms with Gasteiger partial charge >= 0.3 is 5.97 Å². The second-order valence-electron chi connectivity index (χ2n) is 5.79. The number of methoxy groups -OCH3 is 2. The van der Waals surface area contributed by atoms with Crippen LogP contribution in [0.25, 0.3) is 0 Å². The maximum absolute atomic E-state index is 11.6. The van der Waals surface area contributed by atoms with Gasteiger partial charge in [-0.1, -0.05) is 17.9 Å². The van der Waals surface area contributed by atoms with Gasteiger partial charge in [-0.25, -0.2) is 4.79 Å². The van der Waals surface area contributed by atoms with Crippen molar-refractivity contribution in [1.82, 2.24) is 0 Å². The Labute approximate surface area is 132 Å². The first-order valence-electron chi connectivity index (χ1n) is 6.90. The quantitative estimate of drug-likeness (QED) is 0.370. The molecule has 0 fully saturated rings. The Hall–Kier alpha value is -2.41. The molecule has 0 spiro atoms. The molecule has 1 rings (SSSR count). The molecule has 0 amide bonds. The summed E-state index contributed by atoms with van der Waals surface area (Å²) >= 11 is 0. The maximum atomic E-state index is 11.6. The smallest absolute Gasteiger partial charge is 0.377 e. The Morgan fingerprint density at radius 1 is 1.23 bits per heavy atom. The van der Waals surface area contributed by atoms with Crippen LogP contribution >= 0.6 is 0 Å². The summed E-state index contributed by atoms with van der Waals surface area (Å²) in [4.78, 5) is 11.6. The highest BCUT2D eigenvalue weighted by Gasteiger charge is 2.14. The second-order valence-corrected chi connectivity index (χ2v) is 5.79. The standard InChI is InChI=1S/C18H22O4/c1-13-7-8-14(9-10-18(2,3)4)11-15(13)22-16(12-20-5)17(19)21-6/h7-8,11-12H,1-6H3/b16-12-. The van der Waals surface area contributed by atoms with Crippen molar-refractivity contribution in [3.8, 4) is 17.6 Å². The molecule has 1 aromatic carbocycles. The summed E-state index contributed by atoms with van der Waals surface area (Å²) in [5.41, 5.74) is 1.61. The van der Waals surface area contributed by atoms with Gasteiger partial charge in [0.2, 0.25) is 5.76 Å². The normalized spacial score (nSPS) is 11.3. The van der Waals surface area contributed by atoms with Crippen LogP contribution in [0.2, 0.25) is 0 Å². The highest BCUT2D eigenvalue weighted by molar-refractivity contribution is 5.86. The Morgan fingerprint density at radius 2 is 1.91 bits per heavy atom. The second kappa shape index (κ2) is 7.56. The molecular weight excluding hydrogens is 280 g/mol. The molecule has 0 aliphatic carbocycles. The van der Waals surface area contributed by atoms with Crippen LogP contribution in [-0.2, 0) is 14.3 Å². The zero-order chi connectivity index (χ0) is 16.8. The van der Waals surface area contributed by atoms with Gasteiger partial charge < -0.3 is 14.2 Å². The van der Waals surface area contributed by atoms with E-state index in [1.807, 2.05) is 39.8 Å². The van der Waals surface area contributed by atoms with E-state index in [2.05, 4.69) is 16.6 Å². The van der Waals surface area contributed by atoms with Crippen LogP contribution in [0.3, 0.4) is 0 Å². The number of benzene rings is 1. The number of aryl methyl sites for hydroxylation is 1. The third-order valence-corrected chi connectivity index (χ3v) is 2.60. The molecule has 1 aromatic rings. The molecule has 0 radical (unpaired) electrons. The summed E-state index contributed by atoms with van der Waals surface area (Å²) in [6.45, 7) is 8.02. The molecule has 22 heavy (non-hydrogen) atoms. The number of esters is 1. The van der Waals surface area contributed by atoms with E-state index < -0.39 is 5.97 Å². The Balaban J connectivity index is 3.11. The number of carbonyl (C=O) groups is 1. The molecular formula is C18H22O4. The van der Waals surface area contributed by atoms with Crippen molar-refractivity contribution in [1.29, 1.82) is 0 Å². The van der Waals surface area contributed by atoms with Gasteiger partial charge in [0, 0.05) is 11.0 Å². The SMILES string of the molecule is CO/C=C(\Oc1cc(C#CC(C)(C)C)ccc1C)C(=O)OC. The predicted octanol–water partition coefficient (Wildman–Crippen LogP) is 3.43. The first-order valence-corrected chi connectivity index (χ1v) is 6.90. The number of rotatable bonds is 4. The highest BCUT2D eigenvalue weighted by Crippen LogP contribution is 2.22. The van der Waals surface area contributed by atoms with Gasteiger partial charge in [-0.15, -0.1) is 0 Å². The monoisotopic (exact) mass is 302 g/mol. The molecule has 4 heteroatoms. The van der Waals surface area contributed by atoms with Gasteiger partial charge in [-0.3, -0.25) is 0 Å². The van der Waals surface area contributed by atoms with Crippen LogP contribution in [0.4, 0.5) is 0 Å². The Kier molecular flexibility index (Phi) is 6.06. The molecule has 118 valence electrons. The maximum Gasteiger partial charge on any atom is 0.377 e. The third kappa shape index (κ3) is 5.53. The zero-order valence-electron chi connectivity index (χ0n) is 13.9. The van der Waals surface area contributed by atoms with Crippen molar-refractivity contribution < 1.29 is 19.0 Å². The number of carbonyl (C=O) groups excluding carboxylic acids is 1.